The molecule has 0 heterocycles. The van der Waals surface area contributed by atoms with Gasteiger partial charge in [-0.05, 0) is 30.9 Å². The topological polar surface area (TPSA) is 54.4 Å². The van der Waals surface area contributed by atoms with Crippen molar-refractivity contribution in [2.45, 2.75) is 37.5 Å². The summed E-state index contributed by atoms with van der Waals surface area (Å²) in [6.07, 6.45) is 2.01. The van der Waals surface area contributed by atoms with Gasteiger partial charge in [-0.3, -0.25) is 9.59 Å². The standard InChI is InChI=1S/C22H22O3S/c1-21-13-7-12-18(20(24)26-14-15-8-3-2-4-9-15)22(21,25)17-11-6-5-10-16(17)19(21)23/h2-6,8-11,18,25H,7,12-14H2,1H3/t18-,21-,22+/m0/s1. The van der Waals surface area contributed by atoms with Crippen molar-refractivity contribution in [1.29, 1.82) is 0 Å². The van der Waals surface area contributed by atoms with E-state index in [9.17, 15) is 14.7 Å². The first-order chi connectivity index (χ1) is 12.5. The first-order valence-corrected chi connectivity index (χ1v) is 10.0. The van der Waals surface area contributed by atoms with Gasteiger partial charge in [-0.1, -0.05) is 72.8 Å². The second-order valence-electron chi connectivity index (χ2n) is 7.51. The van der Waals surface area contributed by atoms with E-state index in [2.05, 4.69) is 0 Å². The largest absolute Gasteiger partial charge is 0.383 e. The Morgan fingerprint density at radius 3 is 2.62 bits per heavy atom. The van der Waals surface area contributed by atoms with E-state index in [4.69, 9.17) is 0 Å². The Labute approximate surface area is 157 Å². The van der Waals surface area contributed by atoms with Crippen LogP contribution in [0.3, 0.4) is 0 Å². The van der Waals surface area contributed by atoms with Gasteiger partial charge in [0.05, 0.1) is 11.3 Å². The monoisotopic (exact) mass is 366 g/mol. The summed E-state index contributed by atoms with van der Waals surface area (Å²) >= 11 is 1.25. The molecule has 1 fully saturated rings. The van der Waals surface area contributed by atoms with Gasteiger partial charge in [-0.15, -0.1) is 0 Å². The third-order valence-electron chi connectivity index (χ3n) is 6.11. The van der Waals surface area contributed by atoms with E-state index in [0.717, 1.165) is 12.0 Å². The molecule has 0 spiro atoms. The number of carbonyl (C=O) groups is 2. The zero-order chi connectivity index (χ0) is 18.4. The van der Waals surface area contributed by atoms with Gasteiger partial charge in [-0.2, -0.15) is 0 Å². The van der Waals surface area contributed by atoms with E-state index in [1.807, 2.05) is 55.5 Å². The number of benzene rings is 2. The minimum Gasteiger partial charge on any atom is -0.383 e. The zero-order valence-electron chi connectivity index (χ0n) is 14.8. The Morgan fingerprint density at radius 2 is 1.85 bits per heavy atom. The van der Waals surface area contributed by atoms with Gasteiger partial charge in [-0.25, -0.2) is 0 Å². The molecule has 2 aromatic rings. The van der Waals surface area contributed by atoms with E-state index in [1.54, 1.807) is 6.07 Å². The Morgan fingerprint density at radius 1 is 1.15 bits per heavy atom. The van der Waals surface area contributed by atoms with Crippen molar-refractivity contribution in [3.05, 3.63) is 71.3 Å². The number of ketones is 1. The number of hydrogen-bond donors (Lipinski definition) is 1. The Balaban J connectivity index is 1.67. The number of rotatable bonds is 3. The summed E-state index contributed by atoms with van der Waals surface area (Å²) in [5.41, 5.74) is -0.0298. The van der Waals surface area contributed by atoms with Gasteiger partial charge < -0.3 is 5.11 Å². The molecule has 2 aliphatic carbocycles. The van der Waals surface area contributed by atoms with Crippen molar-refractivity contribution >= 4 is 22.7 Å². The number of thioether (sulfide) groups is 1. The predicted octanol–water partition coefficient (Wildman–Crippen LogP) is 4.34. The summed E-state index contributed by atoms with van der Waals surface area (Å²) in [6, 6.07) is 17.1. The molecule has 2 aromatic carbocycles. The number of aliphatic hydroxyl groups is 1. The Bertz CT molecular complexity index is 863. The van der Waals surface area contributed by atoms with Crippen LogP contribution in [0, 0.1) is 11.3 Å². The van der Waals surface area contributed by atoms with Gasteiger partial charge in [0.25, 0.3) is 0 Å². The highest BCUT2D eigenvalue weighted by atomic mass is 32.2. The number of hydrogen-bond acceptors (Lipinski definition) is 4. The van der Waals surface area contributed by atoms with E-state index < -0.39 is 16.9 Å². The third kappa shape index (κ3) is 2.39. The van der Waals surface area contributed by atoms with Crippen LogP contribution in [0.1, 0.15) is 47.7 Å². The van der Waals surface area contributed by atoms with Crippen LogP contribution < -0.4 is 0 Å². The van der Waals surface area contributed by atoms with Crippen molar-refractivity contribution < 1.29 is 14.7 Å². The highest BCUT2D eigenvalue weighted by Gasteiger charge is 2.65. The normalized spacial score (nSPS) is 29.9. The molecule has 3 atom stereocenters. The van der Waals surface area contributed by atoms with Crippen molar-refractivity contribution in [2.75, 3.05) is 0 Å². The molecule has 134 valence electrons. The minimum absolute atomic E-state index is 0.0215. The van der Waals surface area contributed by atoms with Gasteiger partial charge in [0.1, 0.15) is 5.60 Å². The lowest BCUT2D eigenvalue weighted by atomic mass is 9.59. The quantitative estimate of drug-likeness (QED) is 0.878. The van der Waals surface area contributed by atoms with Gasteiger partial charge >= 0.3 is 0 Å². The maximum atomic E-state index is 13.1. The second kappa shape index (κ2) is 6.36. The van der Waals surface area contributed by atoms with Gasteiger partial charge in [0.15, 0.2) is 10.9 Å². The summed E-state index contributed by atoms with van der Waals surface area (Å²) in [5.74, 6) is 0.00202. The fourth-order valence-corrected chi connectivity index (χ4v) is 5.63. The lowest BCUT2D eigenvalue weighted by molar-refractivity contribution is -0.146. The van der Waals surface area contributed by atoms with E-state index in [-0.39, 0.29) is 10.9 Å². The van der Waals surface area contributed by atoms with Crippen molar-refractivity contribution in [3.8, 4) is 0 Å². The Kier molecular flexibility index (Phi) is 4.28. The van der Waals surface area contributed by atoms with E-state index >= 15 is 0 Å². The summed E-state index contributed by atoms with van der Waals surface area (Å²) in [4.78, 5) is 26.1. The lowest BCUT2D eigenvalue weighted by Gasteiger charge is -2.47. The highest BCUT2D eigenvalue weighted by molar-refractivity contribution is 8.13. The molecule has 0 bridgehead atoms. The van der Waals surface area contributed by atoms with Crippen LogP contribution >= 0.6 is 11.8 Å². The Hall–Kier alpha value is -1.91. The van der Waals surface area contributed by atoms with Crippen LogP contribution in [0.15, 0.2) is 54.6 Å². The molecule has 1 N–H and O–H groups in total. The maximum Gasteiger partial charge on any atom is 0.195 e. The summed E-state index contributed by atoms with van der Waals surface area (Å²) in [7, 11) is 0. The molecule has 0 unspecified atom stereocenters. The summed E-state index contributed by atoms with van der Waals surface area (Å²) in [5, 5.41) is 11.7. The molecule has 4 heteroatoms. The molecule has 2 aliphatic rings. The third-order valence-corrected chi connectivity index (χ3v) is 7.15. The molecule has 1 saturated carbocycles. The average molecular weight is 366 g/mol. The fourth-order valence-electron chi connectivity index (χ4n) is 4.64. The van der Waals surface area contributed by atoms with E-state index in [0.29, 0.717) is 29.7 Å². The highest BCUT2D eigenvalue weighted by Crippen LogP contribution is 2.60. The number of fused-ring (bicyclic) bond motifs is 3. The molecule has 26 heavy (non-hydrogen) atoms. The molecular formula is C22H22O3S. The summed E-state index contributed by atoms with van der Waals surface area (Å²) in [6.45, 7) is 1.83. The molecule has 0 radical (unpaired) electrons. The minimum atomic E-state index is -1.40. The molecule has 0 saturated heterocycles. The van der Waals surface area contributed by atoms with Gasteiger partial charge in [0, 0.05) is 11.3 Å². The number of carbonyl (C=O) groups excluding carboxylic acids is 2. The SMILES string of the molecule is C[C@@]12CCC[C@@H](C(=O)SCc3ccccc3)[C@]1(O)c1ccccc1C2=O. The second-order valence-corrected chi connectivity index (χ2v) is 8.49. The van der Waals surface area contributed by atoms with Crippen LogP contribution in [0.25, 0.3) is 0 Å². The van der Waals surface area contributed by atoms with Crippen LogP contribution in [-0.4, -0.2) is 16.0 Å². The van der Waals surface area contributed by atoms with Crippen LogP contribution in [0.4, 0.5) is 0 Å². The summed E-state index contributed by atoms with van der Waals surface area (Å²) < 4.78 is 0. The molecule has 0 aliphatic heterocycles. The van der Waals surface area contributed by atoms with Gasteiger partial charge in [0.2, 0.25) is 0 Å². The average Bonchev–Trinajstić information content (AvgIpc) is 2.85. The predicted molar refractivity (Wildman–Crippen MR) is 103 cm³/mol. The first-order valence-electron chi connectivity index (χ1n) is 9.06. The first kappa shape index (κ1) is 17.5. The van der Waals surface area contributed by atoms with Crippen LogP contribution in [0.5, 0.6) is 0 Å². The smallest absolute Gasteiger partial charge is 0.195 e. The molecule has 0 aromatic heterocycles. The van der Waals surface area contributed by atoms with Crippen molar-refractivity contribution in [2.24, 2.45) is 11.3 Å². The molecule has 3 nitrogen and oxygen atoms in total. The van der Waals surface area contributed by atoms with Crippen LogP contribution in [-0.2, 0) is 16.1 Å². The number of Topliss-reactive ketones (excluding diaryl/α,β-unsaturated/α-hetero) is 1. The fraction of sp³-hybridized carbons (Fsp3) is 0.364. The maximum absolute atomic E-state index is 13.1. The van der Waals surface area contributed by atoms with Crippen molar-refractivity contribution in [3.63, 3.8) is 0 Å². The van der Waals surface area contributed by atoms with Crippen LogP contribution in [0.2, 0.25) is 0 Å². The zero-order valence-corrected chi connectivity index (χ0v) is 15.6. The molecular weight excluding hydrogens is 344 g/mol. The molecule has 4 rings (SSSR count). The van der Waals surface area contributed by atoms with Crippen molar-refractivity contribution in [1.82, 2.24) is 0 Å². The lowest BCUT2D eigenvalue weighted by Crippen LogP contribution is -2.53. The van der Waals surface area contributed by atoms with E-state index in [1.165, 1.54) is 11.8 Å². The molecule has 0 amide bonds.